The van der Waals surface area contributed by atoms with E-state index in [-0.39, 0.29) is 17.6 Å². The zero-order valence-corrected chi connectivity index (χ0v) is 18.3. The van der Waals surface area contributed by atoms with Crippen molar-refractivity contribution in [2.24, 2.45) is 0 Å². The van der Waals surface area contributed by atoms with Gasteiger partial charge in [-0.25, -0.2) is 9.18 Å². The molecular formula is C23H31FN4O2. The summed E-state index contributed by atoms with van der Waals surface area (Å²) in [6.07, 6.45) is 0. The van der Waals surface area contributed by atoms with Crippen molar-refractivity contribution in [1.82, 2.24) is 19.3 Å². The number of benzene rings is 1. The molecule has 0 N–H and O–H groups in total. The highest BCUT2D eigenvalue weighted by Gasteiger charge is 2.26. The molecule has 7 heteroatoms. The van der Waals surface area contributed by atoms with Gasteiger partial charge < -0.3 is 14.4 Å². The van der Waals surface area contributed by atoms with Gasteiger partial charge in [-0.1, -0.05) is 0 Å². The molecular weight excluding hydrogens is 383 g/mol. The van der Waals surface area contributed by atoms with Gasteiger partial charge in [0.1, 0.15) is 5.82 Å². The topological polar surface area (TPSA) is 48.8 Å². The summed E-state index contributed by atoms with van der Waals surface area (Å²) in [5.41, 5.74) is 3.34. The fraction of sp³-hybridized carbons (Fsp3) is 0.478. The maximum absolute atomic E-state index is 13.3. The van der Waals surface area contributed by atoms with Gasteiger partial charge in [0.05, 0.1) is 6.54 Å². The molecule has 3 rings (SSSR count). The Labute approximate surface area is 177 Å². The number of rotatable bonds is 6. The van der Waals surface area contributed by atoms with Crippen molar-refractivity contribution in [3.8, 4) is 5.69 Å². The van der Waals surface area contributed by atoms with E-state index < -0.39 is 0 Å². The molecule has 0 atom stereocenters. The molecule has 0 aliphatic carbocycles. The van der Waals surface area contributed by atoms with Crippen LogP contribution in [-0.2, 0) is 0 Å². The number of halogens is 1. The number of aryl methyl sites for hydroxylation is 1. The maximum atomic E-state index is 13.3. The predicted molar refractivity (Wildman–Crippen MR) is 116 cm³/mol. The van der Waals surface area contributed by atoms with Gasteiger partial charge in [-0.3, -0.25) is 9.69 Å². The van der Waals surface area contributed by atoms with E-state index in [0.29, 0.717) is 51.4 Å². The number of Topliss-reactive ketones (excluding diaryl/α,β-unsaturated/α-hetero) is 1. The van der Waals surface area contributed by atoms with Crippen LogP contribution in [0.2, 0.25) is 0 Å². The van der Waals surface area contributed by atoms with E-state index in [2.05, 4.69) is 4.90 Å². The second-order valence-corrected chi connectivity index (χ2v) is 7.74. The van der Waals surface area contributed by atoms with Gasteiger partial charge in [0.2, 0.25) is 0 Å². The number of nitrogens with zero attached hydrogens (tertiary/aromatic N) is 4. The van der Waals surface area contributed by atoms with Crippen molar-refractivity contribution in [3.05, 3.63) is 53.1 Å². The highest BCUT2D eigenvalue weighted by molar-refractivity contribution is 5.99. The largest absolute Gasteiger partial charge is 0.325 e. The van der Waals surface area contributed by atoms with Crippen LogP contribution in [0.4, 0.5) is 9.18 Å². The highest BCUT2D eigenvalue weighted by atomic mass is 19.1. The van der Waals surface area contributed by atoms with E-state index in [0.717, 1.165) is 17.1 Å². The van der Waals surface area contributed by atoms with Crippen molar-refractivity contribution in [3.63, 3.8) is 0 Å². The quantitative estimate of drug-likeness (QED) is 0.680. The molecule has 6 nitrogen and oxygen atoms in total. The molecule has 30 heavy (non-hydrogen) atoms. The minimum atomic E-state index is -0.281. The van der Waals surface area contributed by atoms with Crippen molar-refractivity contribution in [2.75, 3.05) is 45.8 Å². The zero-order valence-electron chi connectivity index (χ0n) is 18.3. The molecule has 1 fully saturated rings. The van der Waals surface area contributed by atoms with Crippen LogP contribution in [0.25, 0.3) is 5.69 Å². The Bertz CT molecular complexity index is 895. The first-order valence-corrected chi connectivity index (χ1v) is 10.6. The normalized spacial score (nSPS) is 14.8. The van der Waals surface area contributed by atoms with Crippen molar-refractivity contribution in [1.29, 1.82) is 0 Å². The summed E-state index contributed by atoms with van der Waals surface area (Å²) >= 11 is 0. The summed E-state index contributed by atoms with van der Waals surface area (Å²) < 4.78 is 15.2. The minimum Gasteiger partial charge on any atom is -0.325 e. The zero-order chi connectivity index (χ0) is 21.8. The molecule has 0 unspecified atom stereocenters. The monoisotopic (exact) mass is 414 g/mol. The second-order valence-electron chi connectivity index (χ2n) is 7.74. The molecule has 0 bridgehead atoms. The molecule has 0 spiro atoms. The number of amides is 2. The number of hydrogen-bond acceptors (Lipinski definition) is 3. The van der Waals surface area contributed by atoms with E-state index in [4.69, 9.17) is 0 Å². The molecule has 1 aliphatic rings. The van der Waals surface area contributed by atoms with Crippen LogP contribution in [-0.4, -0.2) is 76.9 Å². The smallest absolute Gasteiger partial charge is 0.320 e. The third kappa shape index (κ3) is 4.56. The van der Waals surface area contributed by atoms with Gasteiger partial charge in [-0.05, 0) is 58.0 Å². The summed E-state index contributed by atoms with van der Waals surface area (Å²) in [6, 6.07) is 8.27. The minimum absolute atomic E-state index is 0.0694. The number of ketones is 1. The molecule has 0 radical (unpaired) electrons. The fourth-order valence-electron chi connectivity index (χ4n) is 4.11. The highest BCUT2D eigenvalue weighted by Crippen LogP contribution is 2.22. The molecule has 1 aromatic heterocycles. The third-order valence-corrected chi connectivity index (χ3v) is 5.86. The molecule has 162 valence electrons. The lowest BCUT2D eigenvalue weighted by molar-refractivity contribution is 0.0853. The second kappa shape index (κ2) is 9.43. The van der Waals surface area contributed by atoms with Crippen molar-refractivity contribution >= 4 is 11.8 Å². The van der Waals surface area contributed by atoms with Crippen LogP contribution in [0, 0.1) is 19.7 Å². The van der Waals surface area contributed by atoms with Crippen LogP contribution < -0.4 is 0 Å². The predicted octanol–water partition coefficient (Wildman–Crippen LogP) is 3.50. The van der Waals surface area contributed by atoms with E-state index in [1.807, 2.05) is 48.1 Å². The van der Waals surface area contributed by atoms with E-state index in [9.17, 15) is 14.0 Å². The standard InChI is InChI=1S/C23H31FN4O2/c1-5-26(6-2)23(30)27-13-11-25(12-14-27)16-22(29)21-15-17(3)28(18(21)4)20-9-7-19(24)8-10-20/h7-10,15H,5-6,11-14,16H2,1-4H3. The Hall–Kier alpha value is -2.67. The summed E-state index contributed by atoms with van der Waals surface area (Å²) in [5.74, 6) is -0.212. The molecule has 2 amide bonds. The molecule has 0 saturated carbocycles. The third-order valence-electron chi connectivity index (χ3n) is 5.86. The maximum Gasteiger partial charge on any atom is 0.320 e. The van der Waals surface area contributed by atoms with E-state index >= 15 is 0 Å². The van der Waals surface area contributed by atoms with Crippen LogP contribution in [0.3, 0.4) is 0 Å². The lowest BCUT2D eigenvalue weighted by Crippen LogP contribution is -2.53. The van der Waals surface area contributed by atoms with Gasteiger partial charge in [-0.15, -0.1) is 0 Å². The number of carbonyl (C=O) groups is 2. The Morgan fingerprint density at radius 1 is 1.00 bits per heavy atom. The number of carbonyl (C=O) groups excluding carboxylic acids is 2. The Morgan fingerprint density at radius 2 is 1.60 bits per heavy atom. The van der Waals surface area contributed by atoms with Crippen molar-refractivity contribution in [2.45, 2.75) is 27.7 Å². The van der Waals surface area contributed by atoms with Crippen LogP contribution in [0.5, 0.6) is 0 Å². The lowest BCUT2D eigenvalue weighted by atomic mass is 10.1. The van der Waals surface area contributed by atoms with Gasteiger partial charge in [0.25, 0.3) is 0 Å². The molecule has 2 heterocycles. The van der Waals surface area contributed by atoms with Gasteiger partial charge in [0, 0.05) is 61.9 Å². The number of piperazine rings is 1. The summed E-state index contributed by atoms with van der Waals surface area (Å²) in [5, 5.41) is 0. The van der Waals surface area contributed by atoms with Crippen molar-refractivity contribution < 1.29 is 14.0 Å². The average Bonchev–Trinajstić information content (AvgIpc) is 3.04. The summed E-state index contributed by atoms with van der Waals surface area (Å²) in [7, 11) is 0. The Kier molecular flexibility index (Phi) is 6.92. The first kappa shape index (κ1) is 22.0. The average molecular weight is 415 g/mol. The van der Waals surface area contributed by atoms with E-state index in [1.54, 1.807) is 12.1 Å². The molecule has 1 aliphatic heterocycles. The fourth-order valence-corrected chi connectivity index (χ4v) is 4.11. The summed E-state index contributed by atoms with van der Waals surface area (Å²) in [6.45, 7) is 12.2. The Morgan fingerprint density at radius 3 is 2.17 bits per heavy atom. The Balaban J connectivity index is 1.64. The number of urea groups is 1. The molecule has 1 aromatic carbocycles. The number of hydrogen-bond donors (Lipinski definition) is 0. The van der Waals surface area contributed by atoms with E-state index in [1.165, 1.54) is 12.1 Å². The number of aromatic nitrogens is 1. The van der Waals surface area contributed by atoms with Gasteiger partial charge >= 0.3 is 6.03 Å². The molecule has 2 aromatic rings. The lowest BCUT2D eigenvalue weighted by Gasteiger charge is -2.36. The van der Waals surface area contributed by atoms with Crippen LogP contribution in [0.15, 0.2) is 30.3 Å². The van der Waals surface area contributed by atoms with Gasteiger partial charge in [0.15, 0.2) is 5.78 Å². The molecule has 1 saturated heterocycles. The van der Waals surface area contributed by atoms with Crippen LogP contribution in [0.1, 0.15) is 35.6 Å². The first-order chi connectivity index (χ1) is 14.3. The SMILES string of the molecule is CCN(CC)C(=O)N1CCN(CC(=O)c2cc(C)n(-c3ccc(F)cc3)c2C)CC1. The first-order valence-electron chi connectivity index (χ1n) is 10.6. The van der Waals surface area contributed by atoms with Gasteiger partial charge in [-0.2, -0.15) is 0 Å². The van der Waals surface area contributed by atoms with Crippen LogP contribution >= 0.6 is 0 Å². The summed E-state index contributed by atoms with van der Waals surface area (Å²) in [4.78, 5) is 31.3.